The zero-order chi connectivity index (χ0) is 15.8. The van der Waals surface area contributed by atoms with Crippen molar-refractivity contribution in [1.82, 2.24) is 23.6 Å². The van der Waals surface area contributed by atoms with E-state index >= 15 is 0 Å². The van der Waals surface area contributed by atoms with E-state index in [1.807, 2.05) is 26.2 Å². The highest BCUT2D eigenvalue weighted by molar-refractivity contribution is 7.10. The van der Waals surface area contributed by atoms with E-state index < -0.39 is 0 Å². The molecule has 0 radical (unpaired) electrons. The largest absolute Gasteiger partial charge is 0.328 e. The number of rotatable bonds is 4. The second-order valence-electron chi connectivity index (χ2n) is 6.11. The van der Waals surface area contributed by atoms with E-state index in [0.717, 1.165) is 40.1 Å². The Labute approximate surface area is 139 Å². The van der Waals surface area contributed by atoms with E-state index in [-0.39, 0.29) is 0 Å². The van der Waals surface area contributed by atoms with Crippen molar-refractivity contribution >= 4 is 28.0 Å². The van der Waals surface area contributed by atoms with Gasteiger partial charge in [-0.15, -0.1) is 0 Å². The second kappa shape index (κ2) is 5.90. The summed E-state index contributed by atoms with van der Waals surface area (Å²) in [5.41, 5.74) is 4.04. The predicted octanol–water partition coefficient (Wildman–Crippen LogP) is 3.14. The molecule has 1 N–H and O–H groups in total. The fourth-order valence-corrected chi connectivity index (χ4v) is 3.70. The Morgan fingerprint density at radius 1 is 1.26 bits per heavy atom. The molecule has 0 amide bonds. The van der Waals surface area contributed by atoms with Crippen molar-refractivity contribution in [1.29, 1.82) is 0 Å². The Bertz CT molecular complexity index is 830. The Morgan fingerprint density at radius 2 is 2.09 bits per heavy atom. The van der Waals surface area contributed by atoms with Crippen LogP contribution in [0.3, 0.4) is 0 Å². The quantitative estimate of drug-likeness (QED) is 0.797. The zero-order valence-corrected chi connectivity index (χ0v) is 14.2. The summed E-state index contributed by atoms with van der Waals surface area (Å²) >= 11 is 1.48. The summed E-state index contributed by atoms with van der Waals surface area (Å²) in [6.45, 7) is 7.36. The van der Waals surface area contributed by atoms with Crippen molar-refractivity contribution in [3.8, 4) is 0 Å². The first kappa shape index (κ1) is 14.6. The van der Waals surface area contributed by atoms with Crippen molar-refractivity contribution in [3.63, 3.8) is 0 Å². The highest BCUT2D eigenvalue weighted by Gasteiger charge is 2.14. The van der Waals surface area contributed by atoms with Crippen LogP contribution in [0.25, 0.3) is 5.65 Å². The molecular weight excluding hydrogens is 308 g/mol. The van der Waals surface area contributed by atoms with Crippen molar-refractivity contribution in [2.24, 2.45) is 0 Å². The number of hydrogen-bond acceptors (Lipinski definition) is 6. The van der Waals surface area contributed by atoms with Crippen LogP contribution in [0.1, 0.15) is 29.9 Å². The van der Waals surface area contributed by atoms with E-state index in [9.17, 15) is 0 Å². The fourth-order valence-electron chi connectivity index (χ4n) is 3.04. The van der Waals surface area contributed by atoms with Gasteiger partial charge in [-0.1, -0.05) is 0 Å². The van der Waals surface area contributed by atoms with E-state index in [2.05, 4.69) is 35.0 Å². The predicted molar refractivity (Wildman–Crippen MR) is 92.4 cm³/mol. The molecule has 0 spiro atoms. The van der Waals surface area contributed by atoms with Gasteiger partial charge in [0.25, 0.3) is 0 Å². The molecule has 0 aromatic carbocycles. The van der Waals surface area contributed by atoms with E-state index in [4.69, 9.17) is 0 Å². The molecule has 23 heavy (non-hydrogen) atoms. The fraction of sp³-hybridized carbons (Fsp3) is 0.438. The highest BCUT2D eigenvalue weighted by atomic mass is 32.1. The van der Waals surface area contributed by atoms with Gasteiger partial charge >= 0.3 is 0 Å². The molecule has 0 saturated carbocycles. The summed E-state index contributed by atoms with van der Waals surface area (Å²) in [4.78, 5) is 11.5. The summed E-state index contributed by atoms with van der Waals surface area (Å²) in [6, 6.07) is 2.12. The molecule has 7 heteroatoms. The average Bonchev–Trinajstić information content (AvgIpc) is 3.24. The molecule has 1 aliphatic heterocycles. The Morgan fingerprint density at radius 3 is 2.91 bits per heavy atom. The third kappa shape index (κ3) is 2.94. The Kier molecular flexibility index (Phi) is 3.74. The summed E-state index contributed by atoms with van der Waals surface area (Å²) in [7, 11) is 0. The van der Waals surface area contributed by atoms with Crippen LogP contribution in [-0.2, 0) is 6.54 Å². The van der Waals surface area contributed by atoms with E-state index in [0.29, 0.717) is 0 Å². The lowest BCUT2D eigenvalue weighted by atomic mass is 10.4. The molecule has 3 aromatic heterocycles. The molecule has 1 fully saturated rings. The summed E-state index contributed by atoms with van der Waals surface area (Å²) < 4.78 is 6.63. The first-order chi connectivity index (χ1) is 11.2. The van der Waals surface area contributed by atoms with Crippen LogP contribution in [0.4, 0.5) is 10.8 Å². The number of likely N-dealkylation sites (tertiary alicyclic amines) is 1. The van der Waals surface area contributed by atoms with Gasteiger partial charge in [0, 0.05) is 24.6 Å². The lowest BCUT2D eigenvalue weighted by Gasteiger charge is -2.11. The summed E-state index contributed by atoms with van der Waals surface area (Å²) in [6.07, 6.45) is 6.49. The molecule has 4 rings (SSSR count). The van der Waals surface area contributed by atoms with Gasteiger partial charge < -0.3 is 5.32 Å². The van der Waals surface area contributed by atoms with Gasteiger partial charge in [0.05, 0.1) is 11.4 Å². The van der Waals surface area contributed by atoms with Crippen LogP contribution in [0.5, 0.6) is 0 Å². The third-order valence-corrected chi connectivity index (χ3v) is 4.92. The van der Waals surface area contributed by atoms with Gasteiger partial charge in [-0.25, -0.2) is 9.97 Å². The van der Waals surface area contributed by atoms with Crippen molar-refractivity contribution in [2.45, 2.75) is 33.2 Å². The molecule has 120 valence electrons. The molecule has 1 aliphatic rings. The van der Waals surface area contributed by atoms with Crippen molar-refractivity contribution in [3.05, 3.63) is 35.5 Å². The molecule has 0 bridgehead atoms. The van der Waals surface area contributed by atoms with Gasteiger partial charge in [-0.2, -0.15) is 4.37 Å². The number of aryl methyl sites for hydroxylation is 2. The van der Waals surface area contributed by atoms with Crippen LogP contribution in [-0.4, -0.2) is 36.7 Å². The molecule has 1 saturated heterocycles. The monoisotopic (exact) mass is 328 g/mol. The normalized spacial score (nSPS) is 15.6. The second-order valence-corrected chi connectivity index (χ2v) is 6.92. The molecule has 4 heterocycles. The SMILES string of the molecule is Cc1cn2c(C)cnc2c(Nc2cc(CN3CCCC3)ns2)n1. The molecule has 0 unspecified atom stereocenters. The molecule has 0 atom stereocenters. The molecule has 6 nitrogen and oxygen atoms in total. The van der Waals surface area contributed by atoms with Gasteiger partial charge in [-0.3, -0.25) is 9.30 Å². The number of imidazole rings is 1. The maximum absolute atomic E-state index is 4.60. The highest BCUT2D eigenvalue weighted by Crippen LogP contribution is 2.25. The standard InChI is InChI=1S/C16H20N6S/c1-11-9-22-12(2)8-17-16(22)15(18-11)19-14-7-13(20-23-14)10-21-5-3-4-6-21/h7-9H,3-6,10H2,1-2H3,(H,18,19). The number of nitrogens with zero attached hydrogens (tertiary/aromatic N) is 5. The summed E-state index contributed by atoms with van der Waals surface area (Å²) in [5, 5.41) is 4.40. The molecule has 0 aliphatic carbocycles. The lowest BCUT2D eigenvalue weighted by molar-refractivity contribution is 0.328. The number of hydrogen-bond donors (Lipinski definition) is 1. The maximum atomic E-state index is 4.60. The van der Waals surface area contributed by atoms with Crippen LogP contribution < -0.4 is 5.32 Å². The Balaban J connectivity index is 1.57. The maximum Gasteiger partial charge on any atom is 0.180 e. The molecular formula is C16H20N6S. The van der Waals surface area contributed by atoms with Gasteiger partial charge in [-0.05, 0) is 57.4 Å². The number of nitrogens with one attached hydrogen (secondary N) is 1. The van der Waals surface area contributed by atoms with Gasteiger partial charge in [0.1, 0.15) is 5.00 Å². The zero-order valence-electron chi connectivity index (χ0n) is 13.4. The summed E-state index contributed by atoms with van der Waals surface area (Å²) in [5.74, 6) is 0.787. The molecule has 3 aromatic rings. The number of anilines is 2. The van der Waals surface area contributed by atoms with Crippen molar-refractivity contribution < 1.29 is 0 Å². The van der Waals surface area contributed by atoms with Gasteiger partial charge in [0.2, 0.25) is 0 Å². The lowest BCUT2D eigenvalue weighted by Crippen LogP contribution is -2.18. The first-order valence-electron chi connectivity index (χ1n) is 7.95. The average molecular weight is 328 g/mol. The number of aromatic nitrogens is 4. The van der Waals surface area contributed by atoms with E-state index in [1.54, 1.807) is 0 Å². The first-order valence-corrected chi connectivity index (χ1v) is 8.73. The van der Waals surface area contributed by atoms with Crippen LogP contribution >= 0.6 is 11.5 Å². The van der Waals surface area contributed by atoms with E-state index in [1.165, 1.54) is 37.5 Å². The van der Waals surface area contributed by atoms with Crippen LogP contribution in [0, 0.1) is 13.8 Å². The smallest absolute Gasteiger partial charge is 0.180 e. The minimum absolute atomic E-state index is 0.787. The topological polar surface area (TPSA) is 58.4 Å². The minimum Gasteiger partial charge on any atom is -0.328 e. The van der Waals surface area contributed by atoms with Crippen molar-refractivity contribution in [2.75, 3.05) is 18.4 Å². The minimum atomic E-state index is 0.787. The van der Waals surface area contributed by atoms with Gasteiger partial charge in [0.15, 0.2) is 11.5 Å². The van der Waals surface area contributed by atoms with Crippen LogP contribution in [0.15, 0.2) is 18.5 Å². The Hall–Kier alpha value is -1.99. The number of fused-ring (bicyclic) bond motifs is 1. The third-order valence-electron chi connectivity index (χ3n) is 4.18. The van der Waals surface area contributed by atoms with Crippen LogP contribution in [0.2, 0.25) is 0 Å².